The zero-order chi connectivity index (χ0) is 13.4. The summed E-state index contributed by atoms with van der Waals surface area (Å²) in [5.74, 6) is 0.337. The third-order valence-corrected chi connectivity index (χ3v) is 4.26. The minimum absolute atomic E-state index is 0.111. The maximum absolute atomic E-state index is 12.5. The van der Waals surface area contributed by atoms with Gasteiger partial charge in [0.25, 0.3) is 5.91 Å². The van der Waals surface area contributed by atoms with Crippen LogP contribution >= 0.6 is 11.8 Å². The molecule has 2 heterocycles. The number of benzene rings is 1. The van der Waals surface area contributed by atoms with Crippen LogP contribution in [0.25, 0.3) is 5.70 Å². The van der Waals surface area contributed by atoms with Crippen LogP contribution in [0.2, 0.25) is 0 Å². The van der Waals surface area contributed by atoms with Crippen LogP contribution < -0.4 is 0 Å². The van der Waals surface area contributed by atoms with E-state index in [1.807, 2.05) is 23.6 Å². The highest BCUT2D eigenvalue weighted by Gasteiger charge is 2.41. The molecule has 1 aromatic carbocycles. The normalized spacial score (nSPS) is 21.3. The number of amides is 1. The molecule has 0 radical (unpaired) electrons. The number of esters is 1. The van der Waals surface area contributed by atoms with Gasteiger partial charge < -0.3 is 4.74 Å². The van der Waals surface area contributed by atoms with Crippen LogP contribution in [0.5, 0.6) is 0 Å². The van der Waals surface area contributed by atoms with Gasteiger partial charge in [-0.2, -0.15) is 0 Å². The molecule has 0 spiro atoms. The van der Waals surface area contributed by atoms with Crippen molar-refractivity contribution in [3.05, 3.63) is 40.8 Å². The summed E-state index contributed by atoms with van der Waals surface area (Å²) in [7, 11) is 1.36. The highest BCUT2D eigenvalue weighted by atomic mass is 32.2. The predicted molar refractivity (Wildman–Crippen MR) is 73.5 cm³/mol. The number of rotatable bonds is 1. The van der Waals surface area contributed by atoms with Crippen molar-refractivity contribution in [3.63, 3.8) is 0 Å². The van der Waals surface area contributed by atoms with Gasteiger partial charge in [0.15, 0.2) is 0 Å². The van der Waals surface area contributed by atoms with E-state index in [-0.39, 0.29) is 11.9 Å². The summed E-state index contributed by atoms with van der Waals surface area (Å²) in [6, 6.07) is 6.93. The maximum atomic E-state index is 12.5. The van der Waals surface area contributed by atoms with Crippen molar-refractivity contribution in [1.29, 1.82) is 0 Å². The maximum Gasteiger partial charge on any atom is 0.329 e. The fourth-order valence-corrected chi connectivity index (χ4v) is 3.37. The van der Waals surface area contributed by atoms with Crippen LogP contribution in [0.4, 0.5) is 0 Å². The summed E-state index contributed by atoms with van der Waals surface area (Å²) >= 11 is 1.63. The lowest BCUT2D eigenvalue weighted by molar-refractivity contribution is -0.145. The molecule has 19 heavy (non-hydrogen) atoms. The van der Waals surface area contributed by atoms with Crippen LogP contribution in [0, 0.1) is 0 Å². The van der Waals surface area contributed by atoms with E-state index in [0.717, 1.165) is 17.0 Å². The molecule has 0 N–H and O–H groups in total. The second-order valence-corrected chi connectivity index (χ2v) is 5.40. The zero-order valence-electron chi connectivity index (χ0n) is 10.5. The topological polar surface area (TPSA) is 46.6 Å². The molecule has 0 saturated carbocycles. The summed E-state index contributed by atoms with van der Waals surface area (Å²) in [6.07, 6.45) is 0.608. The molecule has 1 amide bonds. The van der Waals surface area contributed by atoms with E-state index in [2.05, 4.69) is 0 Å². The monoisotopic (exact) mass is 275 g/mol. The Morgan fingerprint density at radius 3 is 2.84 bits per heavy atom. The van der Waals surface area contributed by atoms with Crippen LogP contribution in [0.1, 0.15) is 22.3 Å². The first-order chi connectivity index (χ1) is 9.24. The molecule has 2 aliphatic rings. The number of hydrogen-bond donors (Lipinski definition) is 0. The van der Waals surface area contributed by atoms with Crippen molar-refractivity contribution in [3.8, 4) is 0 Å². The van der Waals surface area contributed by atoms with Crippen LogP contribution in [-0.4, -0.2) is 35.7 Å². The number of methoxy groups -OCH3 is 1. The number of fused-ring (bicyclic) bond motifs is 3. The van der Waals surface area contributed by atoms with Gasteiger partial charge in [-0.05, 0) is 17.9 Å². The molecule has 0 fully saturated rings. The van der Waals surface area contributed by atoms with E-state index in [9.17, 15) is 9.59 Å². The molecule has 0 unspecified atom stereocenters. The predicted octanol–water partition coefficient (Wildman–Crippen LogP) is 2.12. The molecule has 0 saturated heterocycles. The summed E-state index contributed by atoms with van der Waals surface area (Å²) in [5, 5.41) is 1.96. The quantitative estimate of drug-likeness (QED) is 0.737. The smallest absolute Gasteiger partial charge is 0.329 e. The standard InChI is InChI=1S/C14H13NO3S/c1-18-14(17)11-6-7-19-8-12-9-4-2-3-5-10(9)13(16)15(11)12/h2-5,8,11H,6-7H2,1H3/t11-/m1/s1. The molecule has 1 atom stereocenters. The van der Waals surface area contributed by atoms with E-state index in [1.165, 1.54) is 7.11 Å². The summed E-state index contributed by atoms with van der Waals surface area (Å²) in [4.78, 5) is 26.0. The second kappa shape index (κ2) is 4.74. The third-order valence-electron chi connectivity index (χ3n) is 3.40. The third kappa shape index (κ3) is 1.85. The van der Waals surface area contributed by atoms with Crippen LogP contribution in [-0.2, 0) is 9.53 Å². The van der Waals surface area contributed by atoms with Gasteiger partial charge in [-0.3, -0.25) is 9.69 Å². The Hall–Kier alpha value is -1.75. The van der Waals surface area contributed by atoms with Crippen LogP contribution in [0.3, 0.4) is 0 Å². The molecule has 2 aliphatic heterocycles. The molecular weight excluding hydrogens is 262 g/mol. The lowest BCUT2D eigenvalue weighted by Gasteiger charge is -2.24. The summed E-state index contributed by atoms with van der Waals surface area (Å²) < 4.78 is 4.83. The van der Waals surface area contributed by atoms with E-state index >= 15 is 0 Å². The number of ether oxygens (including phenoxy) is 1. The van der Waals surface area contributed by atoms with Crippen molar-refractivity contribution < 1.29 is 14.3 Å². The van der Waals surface area contributed by atoms with Gasteiger partial charge in [-0.25, -0.2) is 4.79 Å². The molecule has 0 aromatic heterocycles. The Morgan fingerprint density at radius 2 is 2.11 bits per heavy atom. The van der Waals surface area contributed by atoms with Crippen molar-refractivity contribution in [2.45, 2.75) is 12.5 Å². The number of thioether (sulfide) groups is 1. The molecule has 3 rings (SSSR count). The molecule has 98 valence electrons. The summed E-state index contributed by atoms with van der Waals surface area (Å²) in [6.45, 7) is 0. The number of carbonyl (C=O) groups excluding carboxylic acids is 2. The van der Waals surface area contributed by atoms with Gasteiger partial charge in [-0.1, -0.05) is 18.2 Å². The van der Waals surface area contributed by atoms with Crippen molar-refractivity contribution >= 4 is 29.3 Å². The van der Waals surface area contributed by atoms with Gasteiger partial charge >= 0.3 is 5.97 Å². The van der Waals surface area contributed by atoms with Crippen molar-refractivity contribution in [2.75, 3.05) is 12.9 Å². The summed E-state index contributed by atoms with van der Waals surface area (Å²) in [5.41, 5.74) is 2.37. The second-order valence-electron chi connectivity index (χ2n) is 4.42. The van der Waals surface area contributed by atoms with Crippen LogP contribution in [0.15, 0.2) is 29.7 Å². The van der Waals surface area contributed by atoms with E-state index < -0.39 is 6.04 Å². The first-order valence-corrected chi connectivity index (χ1v) is 7.11. The number of nitrogens with zero attached hydrogens (tertiary/aromatic N) is 1. The van der Waals surface area contributed by atoms with E-state index in [0.29, 0.717) is 12.0 Å². The molecule has 5 heteroatoms. The fourth-order valence-electron chi connectivity index (χ4n) is 2.50. The Balaban J connectivity index is 2.10. The van der Waals surface area contributed by atoms with E-state index in [1.54, 1.807) is 22.7 Å². The SMILES string of the molecule is COC(=O)[C@H]1CCSC=C2c3ccccc3C(=O)N21. The Kier molecular flexibility index (Phi) is 3.06. The van der Waals surface area contributed by atoms with Gasteiger partial charge in [0.1, 0.15) is 6.04 Å². The molecular formula is C14H13NO3S. The van der Waals surface area contributed by atoms with Gasteiger partial charge in [0.2, 0.25) is 0 Å². The fraction of sp³-hybridized carbons (Fsp3) is 0.286. The lowest BCUT2D eigenvalue weighted by Crippen LogP contribution is -2.41. The first kappa shape index (κ1) is 12.3. The Bertz CT molecular complexity index is 582. The highest BCUT2D eigenvalue weighted by molar-refractivity contribution is 8.02. The Labute approximate surface area is 115 Å². The molecule has 0 bridgehead atoms. The van der Waals surface area contributed by atoms with Gasteiger partial charge in [-0.15, -0.1) is 11.8 Å². The number of hydrogen-bond acceptors (Lipinski definition) is 4. The van der Waals surface area contributed by atoms with Crippen molar-refractivity contribution in [2.24, 2.45) is 0 Å². The molecule has 1 aromatic rings. The van der Waals surface area contributed by atoms with Gasteiger partial charge in [0, 0.05) is 16.9 Å². The first-order valence-electron chi connectivity index (χ1n) is 6.06. The zero-order valence-corrected chi connectivity index (χ0v) is 11.3. The Morgan fingerprint density at radius 1 is 1.37 bits per heavy atom. The molecule has 4 nitrogen and oxygen atoms in total. The number of carbonyl (C=O) groups is 2. The minimum Gasteiger partial charge on any atom is -0.467 e. The van der Waals surface area contributed by atoms with E-state index in [4.69, 9.17) is 4.74 Å². The molecule has 0 aliphatic carbocycles. The minimum atomic E-state index is -0.522. The van der Waals surface area contributed by atoms with Gasteiger partial charge in [0.05, 0.1) is 12.8 Å². The highest BCUT2D eigenvalue weighted by Crippen LogP contribution is 2.38. The average Bonchev–Trinajstić information content (AvgIpc) is 2.62. The largest absolute Gasteiger partial charge is 0.467 e. The van der Waals surface area contributed by atoms with Crippen molar-refractivity contribution in [1.82, 2.24) is 4.90 Å². The lowest BCUT2D eigenvalue weighted by atomic mass is 10.1. The average molecular weight is 275 g/mol.